The average Bonchev–Trinajstić information content (AvgIpc) is 2.38. The molecule has 0 heterocycles. The number of aliphatic hydroxyl groups excluding tert-OH is 1. The Labute approximate surface area is 121 Å². The largest absolute Gasteiger partial charge is 0.416 e. The van der Waals surface area contributed by atoms with Crippen molar-refractivity contribution >= 4 is 11.7 Å². The van der Waals surface area contributed by atoms with Gasteiger partial charge in [-0.1, -0.05) is 13.0 Å². The number of carbonyl (C=O) groups excluding carboxylic acids is 1. The van der Waals surface area contributed by atoms with Gasteiger partial charge in [0.25, 0.3) is 0 Å². The summed E-state index contributed by atoms with van der Waals surface area (Å²) < 4.78 is 37.9. The fourth-order valence-electron chi connectivity index (χ4n) is 1.60. The van der Waals surface area contributed by atoms with Crippen LogP contribution in [-0.2, 0) is 6.18 Å². The number of anilines is 1. The molecule has 4 nitrogen and oxygen atoms in total. The Bertz CT molecular complexity index is 503. The molecule has 0 saturated carbocycles. The first-order chi connectivity index (χ1) is 9.65. The van der Waals surface area contributed by atoms with E-state index < -0.39 is 17.8 Å². The number of aryl methyl sites for hydroxylation is 1. The number of hydrogen-bond acceptors (Lipinski definition) is 2. The molecule has 2 unspecified atom stereocenters. The van der Waals surface area contributed by atoms with Crippen molar-refractivity contribution in [3.8, 4) is 0 Å². The second kappa shape index (κ2) is 6.80. The van der Waals surface area contributed by atoms with Gasteiger partial charge in [-0.15, -0.1) is 0 Å². The van der Waals surface area contributed by atoms with E-state index in [1.165, 1.54) is 6.07 Å². The van der Waals surface area contributed by atoms with E-state index in [4.69, 9.17) is 5.11 Å². The number of hydrogen-bond donors (Lipinski definition) is 3. The van der Waals surface area contributed by atoms with Gasteiger partial charge >= 0.3 is 12.2 Å². The molecular weight excluding hydrogens is 285 g/mol. The third-order valence-electron chi connectivity index (χ3n) is 3.31. The first kappa shape index (κ1) is 17.3. The number of benzene rings is 1. The zero-order valence-corrected chi connectivity index (χ0v) is 12.1. The maximum absolute atomic E-state index is 12.6. The summed E-state index contributed by atoms with van der Waals surface area (Å²) in [5.41, 5.74) is -0.188. The lowest BCUT2D eigenvalue weighted by Gasteiger charge is -2.20. The zero-order chi connectivity index (χ0) is 16.2. The van der Waals surface area contributed by atoms with Crippen LogP contribution in [0, 0.1) is 12.8 Å². The highest BCUT2D eigenvalue weighted by Crippen LogP contribution is 2.31. The molecule has 0 aliphatic heterocycles. The lowest BCUT2D eigenvalue weighted by Crippen LogP contribution is -2.40. The van der Waals surface area contributed by atoms with E-state index in [2.05, 4.69) is 10.6 Å². The third-order valence-corrected chi connectivity index (χ3v) is 3.31. The molecule has 0 saturated heterocycles. The summed E-state index contributed by atoms with van der Waals surface area (Å²) in [6.07, 6.45) is -4.46. The molecule has 0 fully saturated rings. The zero-order valence-electron chi connectivity index (χ0n) is 12.1. The molecule has 3 N–H and O–H groups in total. The summed E-state index contributed by atoms with van der Waals surface area (Å²) in [5, 5.41) is 14.0. The van der Waals surface area contributed by atoms with E-state index in [0.717, 1.165) is 12.1 Å². The topological polar surface area (TPSA) is 61.4 Å². The van der Waals surface area contributed by atoms with Gasteiger partial charge < -0.3 is 15.7 Å². The molecule has 0 spiro atoms. The van der Waals surface area contributed by atoms with E-state index in [0.29, 0.717) is 5.56 Å². The average molecular weight is 304 g/mol. The maximum Gasteiger partial charge on any atom is 0.416 e. The van der Waals surface area contributed by atoms with Gasteiger partial charge in [0.2, 0.25) is 0 Å². The van der Waals surface area contributed by atoms with Crippen molar-refractivity contribution in [1.29, 1.82) is 0 Å². The Kier molecular flexibility index (Phi) is 5.60. The van der Waals surface area contributed by atoms with E-state index in [-0.39, 0.29) is 24.3 Å². The fourth-order valence-corrected chi connectivity index (χ4v) is 1.60. The molecule has 0 aliphatic rings. The van der Waals surface area contributed by atoms with Crippen molar-refractivity contribution in [1.82, 2.24) is 5.32 Å². The highest BCUT2D eigenvalue weighted by Gasteiger charge is 2.31. The predicted molar refractivity (Wildman–Crippen MR) is 74.0 cm³/mol. The normalized spacial score (nSPS) is 14.4. The minimum atomic E-state index is -4.46. The van der Waals surface area contributed by atoms with Crippen LogP contribution in [0.5, 0.6) is 0 Å². The van der Waals surface area contributed by atoms with Gasteiger partial charge in [-0.05, 0) is 37.5 Å². The van der Waals surface area contributed by atoms with Crippen molar-refractivity contribution < 1.29 is 23.1 Å². The first-order valence-corrected chi connectivity index (χ1v) is 6.51. The van der Waals surface area contributed by atoms with Gasteiger partial charge in [-0.2, -0.15) is 13.2 Å². The maximum atomic E-state index is 12.6. The second-order valence-corrected chi connectivity index (χ2v) is 5.07. The van der Waals surface area contributed by atoms with Gasteiger partial charge in [-0.3, -0.25) is 0 Å². The van der Waals surface area contributed by atoms with Crippen LogP contribution in [0.1, 0.15) is 25.0 Å². The Morgan fingerprint density at radius 3 is 2.48 bits per heavy atom. The third kappa shape index (κ3) is 4.93. The summed E-state index contributed by atoms with van der Waals surface area (Å²) in [4.78, 5) is 11.8. The van der Waals surface area contributed by atoms with E-state index >= 15 is 0 Å². The van der Waals surface area contributed by atoms with Crippen LogP contribution in [-0.4, -0.2) is 23.8 Å². The Balaban J connectivity index is 2.81. The number of urea groups is 1. The standard InChI is InChI=1S/C14H19F3N2O2/c1-8-4-5-11(14(15,16)17)6-12(8)19-13(21)18-10(3)9(2)7-20/h4-6,9-10,20H,7H2,1-3H3,(H2,18,19,21). The molecule has 0 aromatic heterocycles. The van der Waals surface area contributed by atoms with Gasteiger partial charge in [0.1, 0.15) is 0 Å². The van der Waals surface area contributed by atoms with Crippen molar-refractivity contribution in [3.63, 3.8) is 0 Å². The monoisotopic (exact) mass is 304 g/mol. The second-order valence-electron chi connectivity index (χ2n) is 5.07. The molecule has 118 valence electrons. The smallest absolute Gasteiger partial charge is 0.396 e. The summed E-state index contributed by atoms with van der Waals surface area (Å²) in [5.74, 6) is -0.154. The van der Waals surface area contributed by atoms with Crippen LogP contribution in [0.15, 0.2) is 18.2 Å². The molecule has 0 bridgehead atoms. The van der Waals surface area contributed by atoms with Gasteiger partial charge in [0, 0.05) is 18.3 Å². The van der Waals surface area contributed by atoms with Crippen molar-refractivity contribution in [2.75, 3.05) is 11.9 Å². The number of nitrogens with one attached hydrogen (secondary N) is 2. The number of amides is 2. The minimum Gasteiger partial charge on any atom is -0.396 e. The number of alkyl halides is 3. The number of aliphatic hydroxyl groups is 1. The molecular formula is C14H19F3N2O2. The molecule has 1 aromatic carbocycles. The first-order valence-electron chi connectivity index (χ1n) is 6.51. The van der Waals surface area contributed by atoms with Crippen LogP contribution >= 0.6 is 0 Å². The number of rotatable bonds is 4. The van der Waals surface area contributed by atoms with Gasteiger partial charge in [0.15, 0.2) is 0 Å². The van der Waals surface area contributed by atoms with Crippen molar-refractivity contribution in [3.05, 3.63) is 29.3 Å². The van der Waals surface area contributed by atoms with Crippen molar-refractivity contribution in [2.24, 2.45) is 5.92 Å². The summed E-state index contributed by atoms with van der Waals surface area (Å²) in [6, 6.07) is 2.26. The van der Waals surface area contributed by atoms with Crippen LogP contribution < -0.4 is 10.6 Å². The van der Waals surface area contributed by atoms with Crippen LogP contribution in [0.3, 0.4) is 0 Å². The summed E-state index contributed by atoms with van der Waals surface area (Å²) in [6.45, 7) is 4.97. The molecule has 1 rings (SSSR count). The molecule has 1 aromatic rings. The summed E-state index contributed by atoms with van der Waals surface area (Å²) in [7, 11) is 0. The van der Waals surface area contributed by atoms with Gasteiger partial charge in [0.05, 0.1) is 5.56 Å². The molecule has 7 heteroatoms. The molecule has 2 atom stereocenters. The Morgan fingerprint density at radius 1 is 1.33 bits per heavy atom. The number of halogens is 3. The van der Waals surface area contributed by atoms with Crippen LogP contribution in [0.25, 0.3) is 0 Å². The molecule has 21 heavy (non-hydrogen) atoms. The van der Waals surface area contributed by atoms with Crippen molar-refractivity contribution in [2.45, 2.75) is 33.0 Å². The molecule has 2 amide bonds. The molecule has 0 aliphatic carbocycles. The highest BCUT2D eigenvalue weighted by molar-refractivity contribution is 5.90. The van der Waals surface area contributed by atoms with Crippen LogP contribution in [0.2, 0.25) is 0 Å². The predicted octanol–water partition coefficient (Wildman–Crippen LogP) is 3.15. The minimum absolute atomic E-state index is 0.0932. The Hall–Kier alpha value is -1.76. The van der Waals surface area contributed by atoms with Crippen LogP contribution in [0.4, 0.5) is 23.7 Å². The highest BCUT2D eigenvalue weighted by atomic mass is 19.4. The molecule has 0 radical (unpaired) electrons. The lowest BCUT2D eigenvalue weighted by atomic mass is 10.1. The number of carbonyl (C=O) groups is 1. The van der Waals surface area contributed by atoms with E-state index in [1.54, 1.807) is 20.8 Å². The quantitative estimate of drug-likeness (QED) is 0.800. The SMILES string of the molecule is Cc1ccc(C(F)(F)F)cc1NC(=O)NC(C)C(C)CO. The Morgan fingerprint density at radius 2 is 1.95 bits per heavy atom. The van der Waals surface area contributed by atoms with E-state index in [9.17, 15) is 18.0 Å². The van der Waals surface area contributed by atoms with E-state index in [1.807, 2.05) is 0 Å². The lowest BCUT2D eigenvalue weighted by molar-refractivity contribution is -0.137. The fraction of sp³-hybridized carbons (Fsp3) is 0.500. The summed E-state index contributed by atoms with van der Waals surface area (Å²) >= 11 is 0. The van der Waals surface area contributed by atoms with Gasteiger partial charge in [-0.25, -0.2) is 4.79 Å².